The predicted octanol–water partition coefficient (Wildman–Crippen LogP) is 0.420. The van der Waals surface area contributed by atoms with Crippen LogP contribution < -0.4 is 10.2 Å². The van der Waals surface area contributed by atoms with E-state index in [4.69, 9.17) is 0 Å². The van der Waals surface area contributed by atoms with Gasteiger partial charge < -0.3 is 10.2 Å². The van der Waals surface area contributed by atoms with Crippen LogP contribution in [0.2, 0.25) is 0 Å². The summed E-state index contributed by atoms with van der Waals surface area (Å²) in [7, 11) is -3.53. The lowest BCUT2D eigenvalue weighted by Crippen LogP contribution is -3.19. The van der Waals surface area contributed by atoms with Crippen LogP contribution >= 0.6 is 0 Å². The number of nitrogens with zero attached hydrogens (tertiary/aromatic N) is 1. The van der Waals surface area contributed by atoms with Crippen molar-refractivity contribution in [3.8, 4) is 0 Å². The maximum Gasteiger partial charge on any atom is 0.278 e. The van der Waals surface area contributed by atoms with Crippen LogP contribution in [0.1, 0.15) is 6.92 Å². The van der Waals surface area contributed by atoms with Crippen LogP contribution in [0.3, 0.4) is 0 Å². The van der Waals surface area contributed by atoms with Gasteiger partial charge in [0, 0.05) is 6.54 Å². The Balaban J connectivity index is 1.68. The smallest absolute Gasteiger partial charge is 0.278 e. The van der Waals surface area contributed by atoms with Gasteiger partial charge in [0.25, 0.3) is 5.91 Å². The number of quaternary nitrogens is 1. The molecule has 0 radical (unpaired) electrons. The molecule has 27 heavy (non-hydrogen) atoms. The Kier molecular flexibility index (Phi) is 5.94. The number of nitrogens with one attached hydrogen (secondary N) is 2. The molecule has 2 aromatic rings. The molecule has 0 unspecified atom stereocenters. The summed E-state index contributed by atoms with van der Waals surface area (Å²) in [5, 5.41) is 4.73. The van der Waals surface area contributed by atoms with Crippen molar-refractivity contribution >= 4 is 26.7 Å². The van der Waals surface area contributed by atoms with Crippen LogP contribution in [0.4, 0.5) is 0 Å². The molecule has 0 spiro atoms. The molecule has 0 bridgehead atoms. The minimum Gasteiger partial charge on any atom is -0.347 e. The zero-order chi connectivity index (χ0) is 19.4. The van der Waals surface area contributed by atoms with Crippen LogP contribution in [0, 0.1) is 0 Å². The lowest BCUT2D eigenvalue weighted by Gasteiger charge is -2.34. The van der Waals surface area contributed by atoms with Crippen molar-refractivity contribution in [1.29, 1.82) is 0 Å². The van der Waals surface area contributed by atoms with Crippen molar-refractivity contribution in [2.24, 2.45) is 0 Å². The summed E-state index contributed by atoms with van der Waals surface area (Å²) in [6, 6.07) is 12.8. The monoisotopic (exact) mass is 388 g/mol. The lowest BCUT2D eigenvalue weighted by molar-refractivity contribution is -0.917. The van der Waals surface area contributed by atoms with E-state index >= 15 is 0 Å². The molecule has 1 aliphatic heterocycles. The number of carbonyl (C=O) groups excluding carboxylic acids is 1. The van der Waals surface area contributed by atoms with E-state index in [1.807, 2.05) is 37.3 Å². The number of benzene rings is 2. The summed E-state index contributed by atoms with van der Waals surface area (Å²) in [6.07, 6.45) is 1.65. The van der Waals surface area contributed by atoms with E-state index in [1.165, 1.54) is 4.31 Å². The number of piperazine rings is 1. The van der Waals surface area contributed by atoms with Crippen LogP contribution in [0.5, 0.6) is 0 Å². The molecule has 1 fully saturated rings. The van der Waals surface area contributed by atoms with E-state index in [0.717, 1.165) is 15.7 Å². The van der Waals surface area contributed by atoms with E-state index in [0.29, 0.717) is 37.6 Å². The predicted molar refractivity (Wildman–Crippen MR) is 106 cm³/mol. The number of carbonyl (C=O) groups is 1. The maximum atomic E-state index is 13.0. The van der Waals surface area contributed by atoms with E-state index in [1.54, 1.807) is 18.2 Å². The number of fused-ring (bicyclic) bond motifs is 1. The van der Waals surface area contributed by atoms with Crippen molar-refractivity contribution < 1.29 is 18.1 Å². The van der Waals surface area contributed by atoms with Crippen molar-refractivity contribution in [2.45, 2.75) is 17.9 Å². The van der Waals surface area contributed by atoms with E-state index in [2.05, 4.69) is 11.9 Å². The molecule has 1 saturated heterocycles. The third kappa shape index (κ3) is 4.21. The number of hydrogen-bond donors (Lipinski definition) is 2. The Morgan fingerprint density at radius 3 is 2.56 bits per heavy atom. The van der Waals surface area contributed by atoms with E-state index < -0.39 is 10.0 Å². The van der Waals surface area contributed by atoms with Gasteiger partial charge in [0.2, 0.25) is 10.0 Å². The Bertz CT molecular complexity index is 934. The first-order valence-electron chi connectivity index (χ1n) is 9.15. The van der Waals surface area contributed by atoms with Crippen molar-refractivity contribution in [3.05, 3.63) is 55.1 Å². The van der Waals surface area contributed by atoms with E-state index in [-0.39, 0.29) is 11.9 Å². The highest BCUT2D eigenvalue weighted by molar-refractivity contribution is 7.89. The van der Waals surface area contributed by atoms with Crippen molar-refractivity contribution in [1.82, 2.24) is 9.62 Å². The average molecular weight is 389 g/mol. The first-order chi connectivity index (χ1) is 12.9. The minimum atomic E-state index is -3.53. The van der Waals surface area contributed by atoms with Crippen molar-refractivity contribution in [3.63, 3.8) is 0 Å². The van der Waals surface area contributed by atoms with Gasteiger partial charge in [-0.3, -0.25) is 4.79 Å². The number of hydrogen-bond acceptors (Lipinski definition) is 3. The fourth-order valence-electron chi connectivity index (χ4n) is 3.43. The molecule has 1 amide bonds. The summed E-state index contributed by atoms with van der Waals surface area (Å²) in [5.74, 6) is -0.0317. The molecule has 2 N–H and O–H groups in total. The third-order valence-corrected chi connectivity index (χ3v) is 7.04. The average Bonchev–Trinajstić information content (AvgIpc) is 2.71. The van der Waals surface area contributed by atoms with Gasteiger partial charge in [-0.1, -0.05) is 36.4 Å². The summed E-state index contributed by atoms with van der Waals surface area (Å²) in [5.41, 5.74) is 0. The first-order valence-corrected chi connectivity index (χ1v) is 10.6. The molecule has 6 nitrogen and oxygen atoms in total. The Labute approximate surface area is 160 Å². The quantitative estimate of drug-likeness (QED) is 0.705. The second-order valence-corrected chi connectivity index (χ2v) is 8.76. The van der Waals surface area contributed by atoms with Gasteiger partial charge in [0.05, 0.1) is 31.1 Å². The highest BCUT2D eigenvalue weighted by Gasteiger charge is 2.34. The molecule has 1 atom stereocenters. The fraction of sp³-hybridized carbons (Fsp3) is 0.350. The fourth-order valence-corrected chi connectivity index (χ4v) is 4.91. The number of amides is 1. The second-order valence-electron chi connectivity index (χ2n) is 6.83. The SMILES string of the molecule is C=CCNC(=O)[C@H](C)[NH+]1CCN(S(=O)(=O)c2ccc3ccccc3c2)CC1. The highest BCUT2D eigenvalue weighted by atomic mass is 32.2. The lowest BCUT2D eigenvalue weighted by atomic mass is 10.1. The van der Waals surface area contributed by atoms with Gasteiger partial charge in [0.1, 0.15) is 0 Å². The Morgan fingerprint density at radius 1 is 1.22 bits per heavy atom. The van der Waals surface area contributed by atoms with Crippen LogP contribution in [0.25, 0.3) is 10.8 Å². The summed E-state index contributed by atoms with van der Waals surface area (Å²) in [6.45, 7) is 7.94. The number of rotatable bonds is 6. The van der Waals surface area contributed by atoms with Gasteiger partial charge in [0.15, 0.2) is 6.04 Å². The largest absolute Gasteiger partial charge is 0.347 e. The molecule has 144 valence electrons. The Morgan fingerprint density at radius 2 is 1.89 bits per heavy atom. The second kappa shape index (κ2) is 8.21. The molecule has 0 saturated carbocycles. The van der Waals surface area contributed by atoms with Crippen LogP contribution in [0.15, 0.2) is 60.0 Å². The van der Waals surface area contributed by atoms with Crippen LogP contribution in [-0.4, -0.2) is 57.4 Å². The van der Waals surface area contributed by atoms with Gasteiger partial charge >= 0.3 is 0 Å². The first kappa shape index (κ1) is 19.5. The van der Waals surface area contributed by atoms with Gasteiger partial charge in [-0.2, -0.15) is 4.31 Å². The Hall–Kier alpha value is -2.22. The molecule has 7 heteroatoms. The molecule has 1 heterocycles. The highest BCUT2D eigenvalue weighted by Crippen LogP contribution is 2.21. The topological polar surface area (TPSA) is 70.9 Å². The molecular weight excluding hydrogens is 362 g/mol. The zero-order valence-corrected chi connectivity index (χ0v) is 16.3. The number of sulfonamides is 1. The van der Waals surface area contributed by atoms with Gasteiger partial charge in [-0.25, -0.2) is 8.42 Å². The van der Waals surface area contributed by atoms with Gasteiger partial charge in [-0.15, -0.1) is 6.58 Å². The summed E-state index contributed by atoms with van der Waals surface area (Å²) >= 11 is 0. The summed E-state index contributed by atoms with van der Waals surface area (Å²) < 4.78 is 27.5. The zero-order valence-electron chi connectivity index (χ0n) is 15.5. The molecule has 1 aliphatic rings. The summed E-state index contributed by atoms with van der Waals surface area (Å²) in [4.78, 5) is 13.5. The third-order valence-electron chi connectivity index (χ3n) is 5.15. The molecule has 3 rings (SSSR count). The van der Waals surface area contributed by atoms with E-state index in [9.17, 15) is 13.2 Å². The molecule has 2 aromatic carbocycles. The molecular formula is C20H26N3O3S+. The standard InChI is InChI=1S/C20H25N3O3S/c1-3-10-21-20(24)16(2)22-11-13-23(14-12-22)27(25,26)19-9-8-17-6-4-5-7-18(17)15-19/h3-9,15-16H,1,10-14H2,2H3,(H,21,24)/p+1/t16-/m0/s1. The minimum absolute atomic E-state index is 0.0317. The molecule has 0 aromatic heterocycles. The van der Waals surface area contributed by atoms with Crippen molar-refractivity contribution in [2.75, 3.05) is 32.7 Å². The maximum absolute atomic E-state index is 13.0. The van der Waals surface area contributed by atoms with Gasteiger partial charge in [-0.05, 0) is 29.8 Å². The molecule has 0 aliphatic carbocycles. The van der Waals surface area contributed by atoms with Crippen LogP contribution in [-0.2, 0) is 14.8 Å². The normalized spacial score (nSPS) is 17.5.